The Bertz CT molecular complexity index is 709. The van der Waals surface area contributed by atoms with Crippen LogP contribution in [0.2, 0.25) is 0 Å². The Morgan fingerprint density at radius 2 is 1.73 bits per heavy atom. The number of urea groups is 1. The van der Waals surface area contributed by atoms with Crippen LogP contribution in [-0.2, 0) is 0 Å². The summed E-state index contributed by atoms with van der Waals surface area (Å²) in [6.07, 6.45) is 2.82. The molecule has 0 aliphatic heterocycles. The fraction of sp³-hybridized carbons (Fsp3) is 0.0588. The summed E-state index contributed by atoms with van der Waals surface area (Å²) in [6, 6.07) is 12.3. The SMILES string of the molecule is CC(=O)c1ccc(NC(=O)N/C=C/c2ccccc2F)cc1. The second-order valence-electron chi connectivity index (χ2n) is 4.59. The van der Waals surface area contributed by atoms with E-state index in [2.05, 4.69) is 10.6 Å². The molecule has 2 aromatic rings. The minimum Gasteiger partial charge on any atom is -0.314 e. The number of benzene rings is 2. The average molecular weight is 298 g/mol. The Labute approximate surface area is 127 Å². The van der Waals surface area contributed by atoms with Crippen LogP contribution >= 0.6 is 0 Å². The van der Waals surface area contributed by atoms with E-state index in [9.17, 15) is 14.0 Å². The van der Waals surface area contributed by atoms with Crippen molar-refractivity contribution in [3.05, 3.63) is 71.7 Å². The van der Waals surface area contributed by atoms with Crippen LogP contribution in [0, 0.1) is 5.82 Å². The summed E-state index contributed by atoms with van der Waals surface area (Å²) in [5.74, 6) is -0.399. The number of rotatable bonds is 4. The van der Waals surface area contributed by atoms with Crippen LogP contribution in [0.4, 0.5) is 14.9 Å². The quantitative estimate of drug-likeness (QED) is 0.843. The number of ketones is 1. The molecule has 0 saturated carbocycles. The van der Waals surface area contributed by atoms with Gasteiger partial charge in [0.25, 0.3) is 0 Å². The molecule has 0 aromatic heterocycles. The normalized spacial score (nSPS) is 10.5. The first-order valence-electron chi connectivity index (χ1n) is 6.66. The molecule has 0 atom stereocenters. The Kier molecular flexibility index (Phi) is 5.03. The van der Waals surface area contributed by atoms with Gasteiger partial charge in [0.2, 0.25) is 0 Å². The zero-order chi connectivity index (χ0) is 15.9. The van der Waals surface area contributed by atoms with Gasteiger partial charge < -0.3 is 10.6 Å². The maximum Gasteiger partial charge on any atom is 0.323 e. The minimum atomic E-state index is -0.455. The summed E-state index contributed by atoms with van der Waals surface area (Å²) in [7, 11) is 0. The fourth-order valence-electron chi connectivity index (χ4n) is 1.77. The maximum atomic E-state index is 13.4. The molecule has 22 heavy (non-hydrogen) atoms. The lowest BCUT2D eigenvalue weighted by Crippen LogP contribution is -2.23. The van der Waals surface area contributed by atoms with Crippen LogP contribution in [0.25, 0.3) is 6.08 Å². The van der Waals surface area contributed by atoms with Crippen LogP contribution in [-0.4, -0.2) is 11.8 Å². The van der Waals surface area contributed by atoms with E-state index in [4.69, 9.17) is 0 Å². The van der Waals surface area contributed by atoms with Crippen molar-refractivity contribution < 1.29 is 14.0 Å². The van der Waals surface area contributed by atoms with Gasteiger partial charge in [-0.15, -0.1) is 0 Å². The highest BCUT2D eigenvalue weighted by molar-refractivity contribution is 5.95. The zero-order valence-electron chi connectivity index (χ0n) is 12.0. The fourth-order valence-corrected chi connectivity index (χ4v) is 1.77. The molecule has 0 spiro atoms. The van der Waals surface area contributed by atoms with Crippen molar-refractivity contribution in [1.29, 1.82) is 0 Å². The molecule has 2 N–H and O–H groups in total. The van der Waals surface area contributed by atoms with Gasteiger partial charge in [-0.3, -0.25) is 4.79 Å². The van der Waals surface area contributed by atoms with E-state index < -0.39 is 6.03 Å². The van der Waals surface area contributed by atoms with E-state index in [1.54, 1.807) is 42.5 Å². The maximum absolute atomic E-state index is 13.4. The Morgan fingerprint density at radius 1 is 1.05 bits per heavy atom. The number of Topliss-reactive ketones (excluding diaryl/α,β-unsaturated/α-hetero) is 1. The first-order chi connectivity index (χ1) is 10.6. The van der Waals surface area contributed by atoms with E-state index >= 15 is 0 Å². The number of carbonyl (C=O) groups excluding carboxylic acids is 2. The largest absolute Gasteiger partial charge is 0.323 e. The second-order valence-corrected chi connectivity index (χ2v) is 4.59. The molecular formula is C17H15FN2O2. The third kappa shape index (κ3) is 4.28. The third-order valence-corrected chi connectivity index (χ3v) is 2.93. The molecule has 2 rings (SSSR count). The number of hydrogen-bond acceptors (Lipinski definition) is 2. The van der Waals surface area contributed by atoms with Gasteiger partial charge in [-0.1, -0.05) is 18.2 Å². The van der Waals surface area contributed by atoms with Crippen molar-refractivity contribution in [2.45, 2.75) is 6.92 Å². The molecular weight excluding hydrogens is 283 g/mol. The summed E-state index contributed by atoms with van der Waals surface area (Å²) in [5.41, 5.74) is 1.51. The Morgan fingerprint density at radius 3 is 2.36 bits per heavy atom. The van der Waals surface area contributed by atoms with Crippen LogP contribution in [0.15, 0.2) is 54.7 Å². The van der Waals surface area contributed by atoms with Gasteiger partial charge in [-0.05, 0) is 43.3 Å². The molecule has 4 nitrogen and oxygen atoms in total. The Balaban J connectivity index is 1.90. The molecule has 0 fully saturated rings. The molecule has 2 amide bonds. The topological polar surface area (TPSA) is 58.2 Å². The number of anilines is 1. The van der Waals surface area contributed by atoms with E-state index in [0.717, 1.165) is 0 Å². The van der Waals surface area contributed by atoms with Crippen molar-refractivity contribution in [2.24, 2.45) is 0 Å². The molecule has 0 aliphatic carbocycles. The molecule has 112 valence electrons. The number of carbonyl (C=O) groups is 2. The first-order valence-corrected chi connectivity index (χ1v) is 6.66. The summed E-state index contributed by atoms with van der Waals surface area (Å²) in [4.78, 5) is 22.8. The van der Waals surface area contributed by atoms with Gasteiger partial charge in [0.05, 0.1) is 0 Å². The lowest BCUT2D eigenvalue weighted by Gasteiger charge is -2.05. The van der Waals surface area contributed by atoms with Gasteiger partial charge >= 0.3 is 6.03 Å². The highest BCUT2D eigenvalue weighted by Crippen LogP contribution is 2.10. The summed E-state index contributed by atoms with van der Waals surface area (Å²) >= 11 is 0. The lowest BCUT2D eigenvalue weighted by atomic mass is 10.1. The number of amides is 2. The highest BCUT2D eigenvalue weighted by Gasteiger charge is 2.02. The van der Waals surface area contributed by atoms with Crippen molar-refractivity contribution >= 4 is 23.6 Å². The van der Waals surface area contributed by atoms with Crippen molar-refractivity contribution in [1.82, 2.24) is 5.32 Å². The zero-order valence-corrected chi connectivity index (χ0v) is 12.0. The summed E-state index contributed by atoms with van der Waals surface area (Å²) < 4.78 is 13.4. The predicted octanol–water partition coefficient (Wildman–Crippen LogP) is 3.82. The number of hydrogen-bond donors (Lipinski definition) is 2. The van der Waals surface area contributed by atoms with Gasteiger partial charge in [-0.25, -0.2) is 9.18 Å². The smallest absolute Gasteiger partial charge is 0.314 e. The lowest BCUT2D eigenvalue weighted by molar-refractivity contribution is 0.101. The standard InChI is InChI=1S/C17H15FN2O2/c1-12(21)13-6-8-15(9-7-13)20-17(22)19-11-10-14-4-2-3-5-16(14)18/h2-11H,1H3,(H2,19,20,22)/b11-10+. The molecule has 0 bridgehead atoms. The van der Waals surface area contributed by atoms with Crippen LogP contribution in [0.1, 0.15) is 22.8 Å². The molecule has 0 unspecified atom stereocenters. The summed E-state index contributed by atoms with van der Waals surface area (Å²) in [5, 5.41) is 5.08. The van der Waals surface area contributed by atoms with Crippen molar-refractivity contribution in [2.75, 3.05) is 5.32 Å². The van der Waals surface area contributed by atoms with Gasteiger partial charge in [0, 0.05) is 23.0 Å². The summed E-state index contributed by atoms with van der Waals surface area (Å²) in [6.45, 7) is 1.47. The van der Waals surface area contributed by atoms with Crippen molar-refractivity contribution in [3.63, 3.8) is 0 Å². The molecule has 5 heteroatoms. The van der Waals surface area contributed by atoms with E-state index in [1.165, 1.54) is 25.3 Å². The molecule has 0 radical (unpaired) electrons. The molecule has 0 heterocycles. The monoisotopic (exact) mass is 298 g/mol. The highest BCUT2D eigenvalue weighted by atomic mass is 19.1. The van der Waals surface area contributed by atoms with Crippen molar-refractivity contribution in [3.8, 4) is 0 Å². The van der Waals surface area contributed by atoms with E-state index in [0.29, 0.717) is 16.8 Å². The molecule has 0 aliphatic rings. The average Bonchev–Trinajstić information content (AvgIpc) is 2.50. The Hall–Kier alpha value is -2.95. The number of halogens is 1. The van der Waals surface area contributed by atoms with Gasteiger partial charge in [-0.2, -0.15) is 0 Å². The minimum absolute atomic E-state index is 0.0381. The van der Waals surface area contributed by atoms with E-state index in [1.807, 2.05) is 0 Å². The predicted molar refractivity (Wildman–Crippen MR) is 84.0 cm³/mol. The van der Waals surface area contributed by atoms with Gasteiger partial charge in [0.15, 0.2) is 5.78 Å². The third-order valence-electron chi connectivity index (χ3n) is 2.93. The van der Waals surface area contributed by atoms with E-state index in [-0.39, 0.29) is 11.6 Å². The van der Waals surface area contributed by atoms with Crippen LogP contribution < -0.4 is 10.6 Å². The van der Waals surface area contributed by atoms with Gasteiger partial charge in [0.1, 0.15) is 5.82 Å². The second kappa shape index (κ2) is 7.17. The molecule has 0 saturated heterocycles. The molecule has 2 aromatic carbocycles. The van der Waals surface area contributed by atoms with Crippen LogP contribution in [0.5, 0.6) is 0 Å². The first kappa shape index (κ1) is 15.4. The van der Waals surface area contributed by atoms with Crippen LogP contribution in [0.3, 0.4) is 0 Å². The number of nitrogens with one attached hydrogen (secondary N) is 2.